The molecule has 7 heteroatoms. The van der Waals surface area contributed by atoms with E-state index in [1.165, 1.54) is 10.5 Å². The minimum atomic E-state index is -0.863. The Bertz CT molecular complexity index is 1550. The molecule has 1 saturated heterocycles. The molecule has 1 aromatic heterocycles. The predicted molar refractivity (Wildman–Crippen MR) is 152 cm³/mol. The van der Waals surface area contributed by atoms with Gasteiger partial charge in [-0.15, -0.1) is 11.3 Å². The lowest BCUT2D eigenvalue weighted by Gasteiger charge is -2.41. The minimum absolute atomic E-state index is 0.0429. The number of amides is 3. The van der Waals surface area contributed by atoms with E-state index >= 15 is 0 Å². The van der Waals surface area contributed by atoms with E-state index in [1.807, 2.05) is 70.2 Å². The molecule has 194 valence electrons. The van der Waals surface area contributed by atoms with E-state index in [1.54, 1.807) is 34.4 Å². The van der Waals surface area contributed by atoms with Gasteiger partial charge >= 0.3 is 0 Å². The van der Waals surface area contributed by atoms with Gasteiger partial charge in [0.1, 0.15) is 11.0 Å². The number of rotatable bonds is 6. The minimum Gasteiger partial charge on any atom is -0.321 e. The summed E-state index contributed by atoms with van der Waals surface area (Å²) in [5.41, 5.74) is 4.41. The van der Waals surface area contributed by atoms with Gasteiger partial charge < -0.3 is 4.90 Å². The number of aryl methyl sites for hydroxylation is 2. The van der Waals surface area contributed by atoms with Gasteiger partial charge in [-0.2, -0.15) is 0 Å². The van der Waals surface area contributed by atoms with Crippen LogP contribution in [-0.4, -0.2) is 39.2 Å². The van der Waals surface area contributed by atoms with Gasteiger partial charge in [0.05, 0.1) is 22.3 Å². The van der Waals surface area contributed by atoms with E-state index in [4.69, 9.17) is 4.98 Å². The van der Waals surface area contributed by atoms with Gasteiger partial charge in [-0.1, -0.05) is 30.7 Å². The molecule has 1 aliphatic rings. The van der Waals surface area contributed by atoms with Crippen LogP contribution >= 0.6 is 11.3 Å². The zero-order chi connectivity index (χ0) is 27.2. The van der Waals surface area contributed by atoms with Crippen LogP contribution in [0.25, 0.3) is 20.8 Å². The van der Waals surface area contributed by atoms with Gasteiger partial charge in [-0.3, -0.25) is 14.4 Å². The third-order valence-electron chi connectivity index (χ3n) is 7.35. The monoisotopic (exact) mass is 525 g/mol. The number of benzene rings is 3. The van der Waals surface area contributed by atoms with Crippen LogP contribution in [0.3, 0.4) is 0 Å². The quantitative estimate of drug-likeness (QED) is 0.268. The molecule has 38 heavy (non-hydrogen) atoms. The van der Waals surface area contributed by atoms with Gasteiger partial charge in [-0.25, -0.2) is 9.88 Å². The summed E-state index contributed by atoms with van der Waals surface area (Å²) in [6.07, 6.45) is 0.595. The summed E-state index contributed by atoms with van der Waals surface area (Å²) in [7, 11) is 0. The maximum atomic E-state index is 13.7. The van der Waals surface area contributed by atoms with Crippen molar-refractivity contribution in [3.63, 3.8) is 0 Å². The van der Waals surface area contributed by atoms with Crippen LogP contribution in [-0.2, 0) is 9.59 Å². The Morgan fingerprint density at radius 3 is 2.42 bits per heavy atom. The second-order valence-electron chi connectivity index (χ2n) is 10.5. The van der Waals surface area contributed by atoms with Crippen molar-refractivity contribution in [3.05, 3.63) is 83.4 Å². The maximum absolute atomic E-state index is 13.7. The highest BCUT2D eigenvalue weighted by Gasteiger charge is 2.48. The first-order valence-corrected chi connectivity index (χ1v) is 13.7. The molecule has 2 heterocycles. The number of imide groups is 1. The predicted octanol–water partition coefficient (Wildman–Crippen LogP) is 6.54. The van der Waals surface area contributed by atoms with Gasteiger partial charge in [-0.05, 0) is 88.2 Å². The van der Waals surface area contributed by atoms with Gasteiger partial charge in [0.25, 0.3) is 11.8 Å². The summed E-state index contributed by atoms with van der Waals surface area (Å²) in [5.74, 6) is -0.923. The summed E-state index contributed by atoms with van der Waals surface area (Å²) in [4.78, 5) is 48.2. The standard InChI is InChI=1S/C31H31N3O3S/c1-6-31(4,5)34(29(36)22-9-7-8-19(2)16-22)25-18-27(35)33(30(25)37)23-13-11-21(12-14-23)28-32-24-15-10-20(3)17-26(24)38-28/h7-17,25H,6,18H2,1-5H3. The summed E-state index contributed by atoms with van der Waals surface area (Å²) >= 11 is 1.61. The lowest BCUT2D eigenvalue weighted by molar-refractivity contribution is -0.123. The molecular weight excluding hydrogens is 494 g/mol. The summed E-state index contributed by atoms with van der Waals surface area (Å²) in [6, 6.07) is 20.0. The molecule has 4 aromatic rings. The van der Waals surface area contributed by atoms with Crippen molar-refractivity contribution in [2.24, 2.45) is 0 Å². The van der Waals surface area contributed by atoms with Gasteiger partial charge in [0.2, 0.25) is 5.91 Å². The number of nitrogens with zero attached hydrogens (tertiary/aromatic N) is 3. The molecular formula is C31H31N3O3S. The fourth-order valence-electron chi connectivity index (χ4n) is 4.92. The highest BCUT2D eigenvalue weighted by Crippen LogP contribution is 2.35. The molecule has 1 aliphatic heterocycles. The number of anilines is 1. The highest BCUT2D eigenvalue weighted by atomic mass is 32.1. The van der Waals surface area contributed by atoms with Crippen molar-refractivity contribution in [1.82, 2.24) is 9.88 Å². The average molecular weight is 526 g/mol. The number of carbonyl (C=O) groups excluding carboxylic acids is 3. The van der Waals surface area contributed by atoms with E-state index < -0.39 is 11.6 Å². The van der Waals surface area contributed by atoms with Crippen LogP contribution in [0, 0.1) is 13.8 Å². The maximum Gasteiger partial charge on any atom is 0.257 e. The largest absolute Gasteiger partial charge is 0.321 e. The van der Waals surface area contributed by atoms with Gasteiger partial charge in [0.15, 0.2) is 0 Å². The number of carbonyl (C=O) groups is 3. The first-order chi connectivity index (χ1) is 18.1. The highest BCUT2D eigenvalue weighted by molar-refractivity contribution is 7.21. The molecule has 3 aromatic carbocycles. The second-order valence-corrected chi connectivity index (χ2v) is 11.6. The van der Waals surface area contributed by atoms with E-state index in [0.29, 0.717) is 17.7 Å². The summed E-state index contributed by atoms with van der Waals surface area (Å²) < 4.78 is 1.12. The second kappa shape index (κ2) is 9.80. The first-order valence-electron chi connectivity index (χ1n) is 12.8. The number of thiazole rings is 1. The Balaban J connectivity index is 1.44. The molecule has 1 unspecified atom stereocenters. The van der Waals surface area contributed by atoms with E-state index in [9.17, 15) is 14.4 Å². The Morgan fingerprint density at radius 2 is 1.74 bits per heavy atom. The van der Waals surface area contributed by atoms with Crippen molar-refractivity contribution < 1.29 is 14.4 Å². The van der Waals surface area contributed by atoms with Crippen LogP contribution in [0.4, 0.5) is 5.69 Å². The third-order valence-corrected chi connectivity index (χ3v) is 8.42. The Kier molecular flexibility index (Phi) is 6.65. The molecule has 5 rings (SSSR count). The van der Waals surface area contributed by atoms with Crippen LogP contribution in [0.5, 0.6) is 0 Å². The molecule has 0 saturated carbocycles. The van der Waals surface area contributed by atoms with Crippen molar-refractivity contribution >= 4 is 45.0 Å². The molecule has 1 atom stereocenters. The van der Waals surface area contributed by atoms with Gasteiger partial charge in [0, 0.05) is 16.7 Å². The molecule has 0 spiro atoms. The van der Waals surface area contributed by atoms with Crippen molar-refractivity contribution in [2.75, 3.05) is 4.90 Å². The fourth-order valence-corrected chi connectivity index (χ4v) is 5.99. The van der Waals surface area contributed by atoms with Crippen LogP contribution < -0.4 is 4.90 Å². The number of fused-ring (bicyclic) bond motifs is 1. The normalized spacial score (nSPS) is 15.9. The molecule has 0 radical (unpaired) electrons. The Labute approximate surface area is 226 Å². The molecule has 0 aliphatic carbocycles. The van der Waals surface area contributed by atoms with Crippen molar-refractivity contribution in [1.29, 1.82) is 0 Å². The van der Waals surface area contributed by atoms with Crippen LogP contribution in [0.15, 0.2) is 66.7 Å². The third kappa shape index (κ3) is 4.63. The lowest BCUT2D eigenvalue weighted by Crippen LogP contribution is -2.55. The summed E-state index contributed by atoms with van der Waals surface area (Å²) in [6.45, 7) is 9.85. The van der Waals surface area contributed by atoms with E-state index in [-0.39, 0.29) is 24.1 Å². The molecule has 0 bridgehead atoms. The summed E-state index contributed by atoms with van der Waals surface area (Å²) in [5, 5.41) is 0.883. The molecule has 6 nitrogen and oxygen atoms in total. The number of aromatic nitrogens is 1. The number of hydrogen-bond acceptors (Lipinski definition) is 5. The van der Waals surface area contributed by atoms with Crippen LogP contribution in [0.1, 0.15) is 55.1 Å². The van der Waals surface area contributed by atoms with E-state index in [2.05, 4.69) is 13.0 Å². The van der Waals surface area contributed by atoms with Crippen molar-refractivity contribution in [2.45, 2.75) is 59.0 Å². The molecule has 0 N–H and O–H groups in total. The Hall–Kier alpha value is -3.84. The average Bonchev–Trinajstić information content (AvgIpc) is 3.44. The van der Waals surface area contributed by atoms with E-state index in [0.717, 1.165) is 26.4 Å². The SMILES string of the molecule is CCC(C)(C)N(C(=O)c1cccc(C)c1)C1CC(=O)N(c2ccc(-c3nc4ccc(C)cc4s3)cc2)C1=O. The molecule has 3 amide bonds. The van der Waals surface area contributed by atoms with Crippen molar-refractivity contribution in [3.8, 4) is 10.6 Å². The zero-order valence-corrected chi connectivity index (χ0v) is 23.1. The first kappa shape index (κ1) is 25.8. The fraction of sp³-hybridized carbons (Fsp3) is 0.290. The smallest absolute Gasteiger partial charge is 0.257 e. The van der Waals surface area contributed by atoms with Crippen LogP contribution in [0.2, 0.25) is 0 Å². The zero-order valence-electron chi connectivity index (χ0n) is 22.3. The molecule has 1 fully saturated rings. The topological polar surface area (TPSA) is 70.6 Å². The number of hydrogen-bond donors (Lipinski definition) is 0. The Morgan fingerprint density at radius 1 is 1.03 bits per heavy atom. The lowest BCUT2D eigenvalue weighted by atomic mass is 9.94.